The predicted molar refractivity (Wildman–Crippen MR) is 55.5 cm³/mol. The SMILES string of the molecule is CC1(C)OP(c2cn[nH]c2)OC1(C)C. The second-order valence-electron chi connectivity index (χ2n) is 4.42. The van der Waals surface area contributed by atoms with Gasteiger partial charge in [0.25, 0.3) is 0 Å². The number of nitrogens with one attached hydrogen (secondary N) is 1. The van der Waals surface area contributed by atoms with Crippen LogP contribution in [0.5, 0.6) is 0 Å². The van der Waals surface area contributed by atoms with Crippen LogP contribution < -0.4 is 5.30 Å². The Morgan fingerprint density at radius 1 is 1.21 bits per heavy atom. The van der Waals surface area contributed by atoms with Crippen LogP contribution in [0.3, 0.4) is 0 Å². The summed E-state index contributed by atoms with van der Waals surface area (Å²) in [5.41, 5.74) is -0.508. The van der Waals surface area contributed by atoms with Gasteiger partial charge >= 0.3 is 0 Å². The highest BCUT2D eigenvalue weighted by atomic mass is 31.2. The van der Waals surface area contributed by atoms with Crippen LogP contribution in [0.2, 0.25) is 0 Å². The van der Waals surface area contributed by atoms with Crippen LogP contribution >= 0.6 is 8.38 Å². The lowest BCUT2D eigenvalue weighted by Crippen LogP contribution is -2.41. The molecule has 5 heteroatoms. The van der Waals surface area contributed by atoms with Crippen LogP contribution in [0.15, 0.2) is 12.4 Å². The van der Waals surface area contributed by atoms with Crippen LogP contribution in [0.4, 0.5) is 0 Å². The van der Waals surface area contributed by atoms with Gasteiger partial charge in [-0.05, 0) is 27.7 Å². The first kappa shape index (κ1) is 10.1. The highest BCUT2D eigenvalue weighted by Crippen LogP contribution is 2.56. The summed E-state index contributed by atoms with van der Waals surface area (Å²) < 4.78 is 11.8. The largest absolute Gasteiger partial charge is 0.321 e. The van der Waals surface area contributed by atoms with E-state index in [1.807, 2.05) is 6.20 Å². The number of nitrogens with zero attached hydrogens (tertiary/aromatic N) is 1. The van der Waals surface area contributed by atoms with Gasteiger partial charge < -0.3 is 9.05 Å². The molecule has 0 aliphatic carbocycles. The molecule has 0 bridgehead atoms. The monoisotopic (exact) mass is 214 g/mol. The number of hydrogen-bond acceptors (Lipinski definition) is 3. The fraction of sp³-hybridized carbons (Fsp3) is 0.667. The zero-order valence-corrected chi connectivity index (χ0v) is 9.76. The van der Waals surface area contributed by atoms with Crippen molar-refractivity contribution >= 4 is 13.7 Å². The zero-order chi connectivity index (χ0) is 10.4. The molecule has 1 aliphatic rings. The number of rotatable bonds is 1. The standard InChI is InChI=1S/C9H15N2O2P/c1-8(2)9(3,4)13-14(12-8)7-5-10-11-6-7/h5-6H,1-4H3,(H,10,11). The van der Waals surface area contributed by atoms with Crippen molar-refractivity contribution in [3.05, 3.63) is 12.4 Å². The van der Waals surface area contributed by atoms with Gasteiger partial charge in [-0.1, -0.05) is 0 Å². The Morgan fingerprint density at radius 2 is 1.79 bits per heavy atom. The van der Waals surface area contributed by atoms with Gasteiger partial charge in [-0.25, -0.2) is 0 Å². The highest BCUT2D eigenvalue weighted by molar-refractivity contribution is 7.56. The number of hydrogen-bond donors (Lipinski definition) is 1. The molecule has 0 spiro atoms. The molecule has 1 aromatic rings. The molecule has 14 heavy (non-hydrogen) atoms. The molecule has 0 radical (unpaired) electrons. The molecule has 1 saturated heterocycles. The molecule has 0 saturated carbocycles. The second kappa shape index (κ2) is 3.02. The Kier molecular flexibility index (Phi) is 2.18. The summed E-state index contributed by atoms with van der Waals surface area (Å²) in [6, 6.07) is 0. The molecule has 2 rings (SSSR count). The second-order valence-corrected chi connectivity index (χ2v) is 5.81. The zero-order valence-electron chi connectivity index (χ0n) is 8.87. The van der Waals surface area contributed by atoms with Gasteiger partial charge in [0.2, 0.25) is 8.38 Å². The van der Waals surface area contributed by atoms with Crippen LogP contribution in [-0.2, 0) is 9.05 Å². The smallest absolute Gasteiger partial charge is 0.209 e. The summed E-state index contributed by atoms with van der Waals surface area (Å²) in [5.74, 6) is 0. The minimum absolute atomic E-state index is 0.254. The quantitative estimate of drug-likeness (QED) is 0.727. The first-order valence-corrected chi connectivity index (χ1v) is 5.77. The molecule has 0 amide bonds. The Balaban J connectivity index is 2.22. The van der Waals surface area contributed by atoms with Crippen molar-refractivity contribution in [3.63, 3.8) is 0 Å². The molecule has 1 fully saturated rings. The van der Waals surface area contributed by atoms with Crippen molar-refractivity contribution in [3.8, 4) is 0 Å². The van der Waals surface area contributed by atoms with Crippen LogP contribution in [-0.4, -0.2) is 21.4 Å². The number of aromatic amines is 1. The average Bonchev–Trinajstić information content (AvgIpc) is 2.58. The molecule has 1 N–H and O–H groups in total. The van der Waals surface area contributed by atoms with Gasteiger partial charge in [0.15, 0.2) is 0 Å². The summed E-state index contributed by atoms with van der Waals surface area (Å²) in [4.78, 5) is 0. The third-order valence-electron chi connectivity index (χ3n) is 2.77. The molecular formula is C9H15N2O2P. The summed E-state index contributed by atoms with van der Waals surface area (Å²) in [7, 11) is -0.973. The molecular weight excluding hydrogens is 199 g/mol. The average molecular weight is 214 g/mol. The normalized spacial score (nSPS) is 25.4. The lowest BCUT2D eigenvalue weighted by molar-refractivity contribution is 0.00578. The molecule has 78 valence electrons. The minimum Gasteiger partial charge on any atom is -0.321 e. The van der Waals surface area contributed by atoms with Crippen molar-refractivity contribution in [2.45, 2.75) is 38.9 Å². The highest BCUT2D eigenvalue weighted by Gasteiger charge is 2.50. The minimum atomic E-state index is -0.973. The molecule has 4 nitrogen and oxygen atoms in total. The van der Waals surface area contributed by atoms with E-state index in [0.29, 0.717) is 0 Å². The lowest BCUT2D eigenvalue weighted by atomic mass is 9.90. The third-order valence-corrected chi connectivity index (χ3v) is 4.68. The number of aromatic nitrogens is 2. The maximum absolute atomic E-state index is 5.89. The Bertz CT molecular complexity index is 306. The van der Waals surface area contributed by atoms with Crippen molar-refractivity contribution in [2.75, 3.05) is 0 Å². The van der Waals surface area contributed by atoms with Crippen molar-refractivity contribution in [1.82, 2.24) is 10.2 Å². The van der Waals surface area contributed by atoms with E-state index in [2.05, 4.69) is 37.9 Å². The van der Waals surface area contributed by atoms with Crippen LogP contribution in [0, 0.1) is 0 Å². The van der Waals surface area contributed by atoms with E-state index in [1.54, 1.807) is 6.20 Å². The van der Waals surface area contributed by atoms with Crippen molar-refractivity contribution in [1.29, 1.82) is 0 Å². The van der Waals surface area contributed by atoms with E-state index in [1.165, 1.54) is 0 Å². The maximum atomic E-state index is 5.89. The summed E-state index contributed by atoms with van der Waals surface area (Å²) in [5, 5.41) is 7.66. The summed E-state index contributed by atoms with van der Waals surface area (Å²) in [6.07, 6.45) is 3.58. The molecule has 1 aliphatic heterocycles. The molecule has 0 aromatic carbocycles. The van der Waals surface area contributed by atoms with Gasteiger partial charge in [0.05, 0.1) is 22.7 Å². The van der Waals surface area contributed by atoms with E-state index in [9.17, 15) is 0 Å². The van der Waals surface area contributed by atoms with E-state index < -0.39 is 8.38 Å². The first-order valence-electron chi connectivity index (χ1n) is 4.59. The Hall–Kier alpha value is -0.440. The fourth-order valence-corrected chi connectivity index (χ4v) is 2.93. The van der Waals surface area contributed by atoms with Gasteiger partial charge in [0, 0.05) is 6.20 Å². The van der Waals surface area contributed by atoms with E-state index >= 15 is 0 Å². The van der Waals surface area contributed by atoms with Crippen LogP contribution in [0.25, 0.3) is 0 Å². The topological polar surface area (TPSA) is 47.1 Å². The lowest BCUT2D eigenvalue weighted by Gasteiger charge is -2.29. The van der Waals surface area contributed by atoms with Gasteiger partial charge in [-0.3, -0.25) is 5.10 Å². The molecule has 0 atom stereocenters. The summed E-state index contributed by atoms with van der Waals surface area (Å²) >= 11 is 0. The van der Waals surface area contributed by atoms with Crippen molar-refractivity contribution < 1.29 is 9.05 Å². The maximum Gasteiger partial charge on any atom is 0.209 e. The Morgan fingerprint density at radius 3 is 2.21 bits per heavy atom. The van der Waals surface area contributed by atoms with E-state index in [4.69, 9.17) is 9.05 Å². The van der Waals surface area contributed by atoms with Gasteiger partial charge in [0.1, 0.15) is 0 Å². The Labute approximate surface area is 84.9 Å². The molecule has 0 unspecified atom stereocenters. The predicted octanol–water partition coefficient (Wildman–Crippen LogP) is 1.95. The van der Waals surface area contributed by atoms with E-state index in [-0.39, 0.29) is 11.2 Å². The van der Waals surface area contributed by atoms with Crippen LogP contribution in [0.1, 0.15) is 27.7 Å². The van der Waals surface area contributed by atoms with Crippen molar-refractivity contribution in [2.24, 2.45) is 0 Å². The molecule has 2 heterocycles. The van der Waals surface area contributed by atoms with Gasteiger partial charge in [-0.15, -0.1) is 0 Å². The van der Waals surface area contributed by atoms with Gasteiger partial charge in [-0.2, -0.15) is 5.10 Å². The fourth-order valence-electron chi connectivity index (χ4n) is 1.10. The molecule has 1 aromatic heterocycles. The third kappa shape index (κ3) is 1.48. The number of H-pyrrole nitrogens is 1. The summed E-state index contributed by atoms with van der Waals surface area (Å²) in [6.45, 7) is 8.20. The first-order chi connectivity index (χ1) is 6.42. The van der Waals surface area contributed by atoms with E-state index in [0.717, 1.165) is 5.30 Å².